The van der Waals surface area contributed by atoms with Crippen LogP contribution in [0, 0.1) is 6.92 Å². The summed E-state index contributed by atoms with van der Waals surface area (Å²) in [5.41, 5.74) is 2.81. The first-order valence-electron chi connectivity index (χ1n) is 9.19. The van der Waals surface area contributed by atoms with Crippen LogP contribution in [0.15, 0.2) is 42.5 Å². The van der Waals surface area contributed by atoms with Crippen molar-refractivity contribution in [3.63, 3.8) is 0 Å². The van der Waals surface area contributed by atoms with E-state index in [0.717, 1.165) is 5.56 Å². The number of hydrogen-bond donors (Lipinski definition) is 2. The van der Waals surface area contributed by atoms with Crippen molar-refractivity contribution in [3.05, 3.63) is 59.2 Å². The summed E-state index contributed by atoms with van der Waals surface area (Å²) >= 11 is 0. The number of nitrogens with one attached hydrogen (secondary N) is 2. The molecule has 2 N–H and O–H groups in total. The Morgan fingerprint density at radius 1 is 1.07 bits per heavy atom. The van der Waals surface area contributed by atoms with Gasteiger partial charge in [-0.25, -0.2) is 0 Å². The Labute approximate surface area is 165 Å². The number of aryl methyl sites for hydroxylation is 1. The van der Waals surface area contributed by atoms with E-state index in [1.54, 1.807) is 58.2 Å². The Morgan fingerprint density at radius 3 is 2.36 bits per heavy atom. The molecule has 0 aromatic heterocycles. The number of ether oxygens (including phenoxy) is 1. The predicted octanol–water partition coefficient (Wildman–Crippen LogP) is 3.28. The molecule has 0 spiro atoms. The van der Waals surface area contributed by atoms with Crippen LogP contribution in [0.1, 0.15) is 41.8 Å². The zero-order valence-corrected chi connectivity index (χ0v) is 16.7. The minimum Gasteiger partial charge on any atom is -0.481 e. The standard InChI is InChI=1S/C22H26N2O4/c1-14(25)8-9-17-10-12-18(13-11-17)28-16(3)21(26)24-20-7-5-6-19(15(20)2)22(27)23-4/h5-7,10-13,16H,8-9H2,1-4H3,(H,23,27)(H,24,26). The van der Waals surface area contributed by atoms with Gasteiger partial charge in [0, 0.05) is 24.7 Å². The molecule has 0 fully saturated rings. The summed E-state index contributed by atoms with van der Waals surface area (Å²) in [6.07, 6.45) is 0.478. The lowest BCUT2D eigenvalue weighted by atomic mass is 10.1. The van der Waals surface area contributed by atoms with E-state index in [2.05, 4.69) is 10.6 Å². The maximum atomic E-state index is 12.5. The van der Waals surface area contributed by atoms with Crippen molar-refractivity contribution < 1.29 is 19.1 Å². The van der Waals surface area contributed by atoms with Crippen LogP contribution in [0.3, 0.4) is 0 Å². The molecular weight excluding hydrogens is 356 g/mol. The molecule has 2 aromatic rings. The van der Waals surface area contributed by atoms with Gasteiger partial charge in [0.05, 0.1) is 0 Å². The van der Waals surface area contributed by atoms with Crippen LogP contribution < -0.4 is 15.4 Å². The quantitative estimate of drug-likeness (QED) is 0.734. The average molecular weight is 382 g/mol. The van der Waals surface area contributed by atoms with E-state index in [0.29, 0.717) is 35.4 Å². The van der Waals surface area contributed by atoms with Crippen molar-refractivity contribution in [1.29, 1.82) is 0 Å². The molecular formula is C22H26N2O4. The number of hydrogen-bond acceptors (Lipinski definition) is 4. The second-order valence-electron chi connectivity index (χ2n) is 6.65. The van der Waals surface area contributed by atoms with E-state index in [9.17, 15) is 14.4 Å². The number of ketones is 1. The van der Waals surface area contributed by atoms with Crippen LogP contribution in [0.2, 0.25) is 0 Å². The summed E-state index contributed by atoms with van der Waals surface area (Å²) in [7, 11) is 1.56. The molecule has 1 unspecified atom stereocenters. The number of rotatable bonds is 8. The molecule has 2 amide bonds. The van der Waals surface area contributed by atoms with Gasteiger partial charge < -0.3 is 20.2 Å². The van der Waals surface area contributed by atoms with E-state index in [-0.39, 0.29) is 17.6 Å². The Kier molecular flexibility index (Phi) is 7.32. The molecule has 6 heteroatoms. The fourth-order valence-corrected chi connectivity index (χ4v) is 2.70. The third-order valence-electron chi connectivity index (χ3n) is 4.43. The summed E-state index contributed by atoms with van der Waals surface area (Å²) in [5, 5.41) is 5.39. The van der Waals surface area contributed by atoms with Gasteiger partial charge in [-0.15, -0.1) is 0 Å². The summed E-state index contributed by atoms with van der Waals surface area (Å²) in [6.45, 7) is 5.02. The third kappa shape index (κ3) is 5.67. The number of amides is 2. The van der Waals surface area contributed by atoms with Crippen molar-refractivity contribution >= 4 is 23.3 Å². The van der Waals surface area contributed by atoms with E-state index >= 15 is 0 Å². The monoisotopic (exact) mass is 382 g/mol. The second kappa shape index (κ2) is 9.69. The van der Waals surface area contributed by atoms with Crippen LogP contribution in [0.4, 0.5) is 5.69 Å². The van der Waals surface area contributed by atoms with Crippen LogP contribution in [0.25, 0.3) is 0 Å². The molecule has 0 aliphatic heterocycles. The Bertz CT molecular complexity index is 859. The lowest BCUT2D eigenvalue weighted by Crippen LogP contribution is -2.30. The summed E-state index contributed by atoms with van der Waals surface area (Å²) < 4.78 is 5.71. The molecule has 0 saturated heterocycles. The molecule has 0 saturated carbocycles. The van der Waals surface area contributed by atoms with Gasteiger partial charge in [-0.05, 0) is 62.6 Å². The Hall–Kier alpha value is -3.15. The molecule has 6 nitrogen and oxygen atoms in total. The first kappa shape index (κ1) is 21.2. The van der Waals surface area contributed by atoms with Gasteiger partial charge in [0.2, 0.25) is 0 Å². The van der Waals surface area contributed by atoms with Crippen LogP contribution in [-0.2, 0) is 16.0 Å². The van der Waals surface area contributed by atoms with Gasteiger partial charge >= 0.3 is 0 Å². The highest BCUT2D eigenvalue weighted by atomic mass is 16.5. The number of carbonyl (C=O) groups is 3. The second-order valence-corrected chi connectivity index (χ2v) is 6.65. The number of Topliss-reactive ketones (excluding diaryl/α,β-unsaturated/α-hetero) is 1. The Morgan fingerprint density at radius 2 is 1.75 bits per heavy atom. The van der Waals surface area contributed by atoms with Gasteiger partial charge in [0.25, 0.3) is 11.8 Å². The van der Waals surface area contributed by atoms with Gasteiger partial charge in [-0.1, -0.05) is 18.2 Å². The minimum absolute atomic E-state index is 0.154. The van der Waals surface area contributed by atoms with Crippen molar-refractivity contribution in [3.8, 4) is 5.75 Å². The third-order valence-corrected chi connectivity index (χ3v) is 4.43. The van der Waals surface area contributed by atoms with Gasteiger partial charge in [0.1, 0.15) is 11.5 Å². The van der Waals surface area contributed by atoms with Gasteiger partial charge in [-0.2, -0.15) is 0 Å². The van der Waals surface area contributed by atoms with Crippen molar-refractivity contribution in [2.24, 2.45) is 0 Å². The molecule has 2 aromatic carbocycles. The lowest BCUT2D eigenvalue weighted by molar-refractivity contribution is -0.122. The van der Waals surface area contributed by atoms with Crippen molar-refractivity contribution in [2.75, 3.05) is 12.4 Å². The highest BCUT2D eigenvalue weighted by Gasteiger charge is 2.17. The zero-order chi connectivity index (χ0) is 20.7. The zero-order valence-electron chi connectivity index (χ0n) is 16.7. The fourth-order valence-electron chi connectivity index (χ4n) is 2.70. The number of benzene rings is 2. The van der Waals surface area contributed by atoms with Crippen molar-refractivity contribution in [2.45, 2.75) is 39.7 Å². The Balaban J connectivity index is 2.00. The fraction of sp³-hybridized carbons (Fsp3) is 0.318. The van der Waals surface area contributed by atoms with Gasteiger partial charge in [0.15, 0.2) is 6.10 Å². The largest absolute Gasteiger partial charge is 0.481 e. The molecule has 0 radical (unpaired) electrons. The van der Waals surface area contributed by atoms with E-state index < -0.39 is 6.10 Å². The van der Waals surface area contributed by atoms with Crippen molar-refractivity contribution in [1.82, 2.24) is 5.32 Å². The molecule has 0 aliphatic rings. The minimum atomic E-state index is -0.717. The number of carbonyl (C=O) groups excluding carboxylic acids is 3. The summed E-state index contributed by atoms with van der Waals surface area (Å²) in [5.74, 6) is 0.215. The normalized spacial score (nSPS) is 11.4. The van der Waals surface area contributed by atoms with E-state index in [4.69, 9.17) is 4.74 Å². The highest BCUT2D eigenvalue weighted by molar-refractivity contribution is 6.00. The highest BCUT2D eigenvalue weighted by Crippen LogP contribution is 2.20. The average Bonchev–Trinajstić information content (AvgIpc) is 2.68. The first-order chi connectivity index (χ1) is 13.3. The predicted molar refractivity (Wildman–Crippen MR) is 109 cm³/mol. The molecule has 0 aliphatic carbocycles. The van der Waals surface area contributed by atoms with Gasteiger partial charge in [-0.3, -0.25) is 9.59 Å². The molecule has 1 atom stereocenters. The van der Waals surface area contributed by atoms with E-state index in [1.807, 2.05) is 12.1 Å². The molecule has 28 heavy (non-hydrogen) atoms. The molecule has 0 bridgehead atoms. The lowest BCUT2D eigenvalue weighted by Gasteiger charge is -2.17. The van der Waals surface area contributed by atoms with Crippen LogP contribution in [0.5, 0.6) is 5.75 Å². The molecule has 0 heterocycles. The molecule has 148 valence electrons. The summed E-state index contributed by atoms with van der Waals surface area (Å²) in [6, 6.07) is 12.5. The molecule has 2 rings (SSSR count). The maximum absolute atomic E-state index is 12.5. The summed E-state index contributed by atoms with van der Waals surface area (Å²) in [4.78, 5) is 35.4. The van der Waals surface area contributed by atoms with E-state index in [1.165, 1.54) is 0 Å². The topological polar surface area (TPSA) is 84.5 Å². The van der Waals surface area contributed by atoms with Crippen LogP contribution >= 0.6 is 0 Å². The number of anilines is 1. The smallest absolute Gasteiger partial charge is 0.265 e. The SMILES string of the molecule is CNC(=O)c1cccc(NC(=O)C(C)Oc2ccc(CCC(C)=O)cc2)c1C. The first-order valence-corrected chi connectivity index (χ1v) is 9.19. The maximum Gasteiger partial charge on any atom is 0.265 e. The van der Waals surface area contributed by atoms with Crippen LogP contribution in [-0.4, -0.2) is 30.7 Å².